The van der Waals surface area contributed by atoms with Crippen LogP contribution in [0.4, 0.5) is 5.82 Å². The van der Waals surface area contributed by atoms with E-state index in [0.717, 1.165) is 36.6 Å². The molecule has 4 heterocycles. The number of aromatic nitrogens is 3. The number of piperidine rings is 1. The molecule has 5 heteroatoms. The van der Waals surface area contributed by atoms with Gasteiger partial charge in [0.25, 0.3) is 0 Å². The van der Waals surface area contributed by atoms with Crippen molar-refractivity contribution >= 4 is 16.9 Å². The van der Waals surface area contributed by atoms with Gasteiger partial charge in [-0.1, -0.05) is 0 Å². The quantitative estimate of drug-likeness (QED) is 0.827. The first-order chi connectivity index (χ1) is 8.93. The van der Waals surface area contributed by atoms with Crippen LogP contribution in [0, 0.1) is 5.92 Å². The van der Waals surface area contributed by atoms with E-state index in [-0.39, 0.29) is 0 Å². The molecule has 0 unspecified atom stereocenters. The Kier molecular flexibility index (Phi) is 2.26. The van der Waals surface area contributed by atoms with E-state index in [2.05, 4.69) is 25.9 Å². The summed E-state index contributed by atoms with van der Waals surface area (Å²) in [4.78, 5) is 14.3. The van der Waals surface area contributed by atoms with Crippen LogP contribution in [0.15, 0.2) is 18.6 Å². The molecular formula is C13H16N4O. The molecule has 0 radical (unpaired) electrons. The Labute approximate surface area is 105 Å². The van der Waals surface area contributed by atoms with Crippen LogP contribution in [0.1, 0.15) is 12.8 Å². The molecular weight excluding hydrogens is 228 g/mol. The molecule has 0 aliphatic carbocycles. The summed E-state index contributed by atoms with van der Waals surface area (Å²) < 4.78 is 5.64. The number of rotatable bonds is 1. The molecule has 2 aromatic heterocycles. The van der Waals surface area contributed by atoms with Gasteiger partial charge >= 0.3 is 0 Å². The molecule has 2 fully saturated rings. The van der Waals surface area contributed by atoms with Crippen molar-refractivity contribution in [2.75, 3.05) is 24.7 Å². The number of fused-ring (bicyclic) bond motifs is 2. The van der Waals surface area contributed by atoms with Crippen molar-refractivity contribution in [1.29, 1.82) is 0 Å². The van der Waals surface area contributed by atoms with Crippen molar-refractivity contribution in [3.05, 3.63) is 18.6 Å². The fourth-order valence-corrected chi connectivity index (χ4v) is 3.25. The fraction of sp³-hybridized carbons (Fsp3) is 0.538. The van der Waals surface area contributed by atoms with E-state index in [1.54, 1.807) is 6.33 Å². The van der Waals surface area contributed by atoms with Crippen molar-refractivity contribution < 1.29 is 4.74 Å². The fourth-order valence-electron chi connectivity index (χ4n) is 3.25. The van der Waals surface area contributed by atoms with Gasteiger partial charge in [-0.05, 0) is 18.9 Å². The molecule has 2 aliphatic heterocycles. The predicted octanol–water partition coefficient (Wildman–Crippen LogP) is 1.57. The summed E-state index contributed by atoms with van der Waals surface area (Å²) in [5.74, 6) is 1.73. The number of nitrogens with one attached hydrogen (secondary N) is 1. The molecule has 0 amide bonds. The summed E-state index contributed by atoms with van der Waals surface area (Å²) in [6, 6.07) is 2.55. The van der Waals surface area contributed by atoms with Crippen LogP contribution in [0.5, 0.6) is 0 Å². The third-order valence-corrected chi connectivity index (χ3v) is 4.14. The molecule has 1 N–H and O–H groups in total. The van der Waals surface area contributed by atoms with E-state index >= 15 is 0 Å². The Morgan fingerprint density at radius 1 is 1.33 bits per heavy atom. The first-order valence-corrected chi connectivity index (χ1v) is 6.56. The SMILES string of the molecule is c1nc(N2CCC[C@H]3COC[C@H]32)c2cc[nH]c2n1. The maximum Gasteiger partial charge on any atom is 0.142 e. The van der Waals surface area contributed by atoms with E-state index in [1.165, 1.54) is 12.8 Å². The molecule has 5 nitrogen and oxygen atoms in total. The summed E-state index contributed by atoms with van der Waals surface area (Å²) in [6.45, 7) is 2.81. The van der Waals surface area contributed by atoms with Crippen LogP contribution < -0.4 is 4.90 Å². The lowest BCUT2D eigenvalue weighted by atomic mass is 9.92. The van der Waals surface area contributed by atoms with Crippen molar-refractivity contribution in [2.45, 2.75) is 18.9 Å². The van der Waals surface area contributed by atoms with Gasteiger partial charge in [0.05, 0.1) is 24.6 Å². The van der Waals surface area contributed by atoms with Gasteiger partial charge in [0, 0.05) is 18.7 Å². The van der Waals surface area contributed by atoms with Crippen molar-refractivity contribution in [1.82, 2.24) is 15.0 Å². The monoisotopic (exact) mass is 244 g/mol. The standard InChI is InChI=1S/C13H16N4O/c1-2-9-6-18-7-11(9)17(5-1)13-10-3-4-14-12(10)15-8-16-13/h3-4,8-9,11H,1-2,5-7H2,(H,14,15,16)/t9-,11+/m0/s1. The number of hydrogen-bond donors (Lipinski definition) is 1. The van der Waals surface area contributed by atoms with Crippen LogP contribution in [-0.2, 0) is 4.74 Å². The number of anilines is 1. The topological polar surface area (TPSA) is 54.0 Å². The summed E-state index contributed by atoms with van der Waals surface area (Å²) in [5, 5.41) is 1.12. The van der Waals surface area contributed by atoms with Crippen LogP contribution >= 0.6 is 0 Å². The highest BCUT2D eigenvalue weighted by Crippen LogP contribution is 2.34. The van der Waals surface area contributed by atoms with Crippen molar-refractivity contribution in [3.63, 3.8) is 0 Å². The Balaban J connectivity index is 1.79. The van der Waals surface area contributed by atoms with E-state index in [1.807, 2.05) is 6.20 Å². The molecule has 0 aromatic carbocycles. The Hall–Kier alpha value is -1.62. The summed E-state index contributed by atoms with van der Waals surface area (Å²) in [6.07, 6.45) is 6.08. The average molecular weight is 244 g/mol. The van der Waals surface area contributed by atoms with Gasteiger partial charge in [-0.2, -0.15) is 0 Å². The maximum absolute atomic E-state index is 5.64. The van der Waals surface area contributed by atoms with Gasteiger partial charge in [-0.3, -0.25) is 0 Å². The first-order valence-electron chi connectivity index (χ1n) is 6.56. The maximum atomic E-state index is 5.64. The number of hydrogen-bond acceptors (Lipinski definition) is 4. The smallest absolute Gasteiger partial charge is 0.142 e. The zero-order valence-electron chi connectivity index (χ0n) is 10.2. The second-order valence-electron chi connectivity index (χ2n) is 5.14. The van der Waals surface area contributed by atoms with Gasteiger partial charge in [-0.25, -0.2) is 9.97 Å². The first kappa shape index (κ1) is 10.3. The minimum Gasteiger partial charge on any atom is -0.379 e. The lowest BCUT2D eigenvalue weighted by Gasteiger charge is -2.37. The van der Waals surface area contributed by atoms with E-state index < -0.39 is 0 Å². The highest BCUT2D eigenvalue weighted by molar-refractivity contribution is 5.87. The number of ether oxygens (including phenoxy) is 1. The third kappa shape index (κ3) is 1.43. The molecule has 4 rings (SSSR count). The Bertz CT molecular complexity index is 567. The molecule has 0 bridgehead atoms. The van der Waals surface area contributed by atoms with Crippen LogP contribution in [0.25, 0.3) is 11.0 Å². The van der Waals surface area contributed by atoms with Crippen molar-refractivity contribution in [2.24, 2.45) is 5.92 Å². The molecule has 2 aliphatic rings. The Morgan fingerprint density at radius 3 is 3.33 bits per heavy atom. The highest BCUT2D eigenvalue weighted by atomic mass is 16.5. The molecule has 18 heavy (non-hydrogen) atoms. The highest BCUT2D eigenvalue weighted by Gasteiger charge is 2.37. The second kappa shape index (κ2) is 3.95. The molecule has 2 saturated heterocycles. The molecule has 2 aromatic rings. The average Bonchev–Trinajstić information content (AvgIpc) is 3.06. The summed E-state index contributed by atoms with van der Waals surface area (Å²) in [7, 11) is 0. The minimum absolute atomic E-state index is 0.492. The molecule has 0 spiro atoms. The molecule has 94 valence electrons. The van der Waals surface area contributed by atoms with Gasteiger partial charge in [-0.15, -0.1) is 0 Å². The van der Waals surface area contributed by atoms with Crippen molar-refractivity contribution in [3.8, 4) is 0 Å². The largest absolute Gasteiger partial charge is 0.379 e. The minimum atomic E-state index is 0.492. The van der Waals surface area contributed by atoms with Gasteiger partial charge in [0.15, 0.2) is 0 Å². The number of nitrogens with zero attached hydrogens (tertiary/aromatic N) is 3. The number of H-pyrrole nitrogens is 1. The molecule has 0 saturated carbocycles. The lowest BCUT2D eigenvalue weighted by Crippen LogP contribution is -2.45. The van der Waals surface area contributed by atoms with E-state index in [9.17, 15) is 0 Å². The summed E-state index contributed by atoms with van der Waals surface area (Å²) in [5.41, 5.74) is 0.918. The second-order valence-corrected chi connectivity index (χ2v) is 5.14. The van der Waals surface area contributed by atoms with E-state index in [4.69, 9.17) is 4.74 Å². The summed E-state index contributed by atoms with van der Waals surface area (Å²) >= 11 is 0. The molecule has 2 atom stereocenters. The van der Waals surface area contributed by atoms with Gasteiger partial charge in [0.1, 0.15) is 17.8 Å². The predicted molar refractivity (Wildman–Crippen MR) is 68.6 cm³/mol. The van der Waals surface area contributed by atoms with Crippen LogP contribution in [-0.4, -0.2) is 40.8 Å². The van der Waals surface area contributed by atoms with Gasteiger partial charge < -0.3 is 14.6 Å². The zero-order chi connectivity index (χ0) is 11.9. The normalized spacial score (nSPS) is 27.7. The van der Waals surface area contributed by atoms with Gasteiger partial charge in [0.2, 0.25) is 0 Å². The van der Waals surface area contributed by atoms with Crippen LogP contribution in [0.2, 0.25) is 0 Å². The Morgan fingerprint density at radius 2 is 2.33 bits per heavy atom. The third-order valence-electron chi connectivity index (χ3n) is 4.14. The number of aromatic amines is 1. The zero-order valence-corrected chi connectivity index (χ0v) is 10.2. The van der Waals surface area contributed by atoms with Crippen LogP contribution in [0.3, 0.4) is 0 Å². The lowest BCUT2D eigenvalue weighted by molar-refractivity contribution is 0.184. The van der Waals surface area contributed by atoms with E-state index in [0.29, 0.717) is 12.0 Å².